The van der Waals surface area contributed by atoms with Gasteiger partial charge in [0, 0.05) is 12.6 Å². The highest BCUT2D eigenvalue weighted by Gasteiger charge is 2.18. The van der Waals surface area contributed by atoms with Gasteiger partial charge in [0.25, 0.3) is 0 Å². The quantitative estimate of drug-likeness (QED) is 0.907. The molecule has 0 aliphatic heterocycles. The van der Waals surface area contributed by atoms with E-state index in [1.807, 2.05) is 0 Å². The summed E-state index contributed by atoms with van der Waals surface area (Å²) in [5.74, 6) is -2.12. The molecular weight excluding hydrogens is 279 g/mol. The summed E-state index contributed by atoms with van der Waals surface area (Å²) < 4.78 is 18.6. The Kier molecular flexibility index (Phi) is 4.22. The van der Waals surface area contributed by atoms with Gasteiger partial charge in [-0.1, -0.05) is 6.07 Å². The number of hydrogen-bond acceptors (Lipinski definition) is 3. The SMILES string of the molecule is CN(Cc1ccoc1)C(=O)Nc1c(F)cccc1C(=O)O. The van der Waals surface area contributed by atoms with Crippen LogP contribution in [0.2, 0.25) is 0 Å². The number of anilines is 1. The maximum atomic E-state index is 13.7. The van der Waals surface area contributed by atoms with Gasteiger partial charge in [0.2, 0.25) is 0 Å². The zero-order valence-corrected chi connectivity index (χ0v) is 11.2. The second-order valence-electron chi connectivity index (χ2n) is 4.39. The first-order valence-corrected chi connectivity index (χ1v) is 6.04. The van der Waals surface area contributed by atoms with Crippen LogP contribution in [0.3, 0.4) is 0 Å². The van der Waals surface area contributed by atoms with Gasteiger partial charge >= 0.3 is 12.0 Å². The minimum absolute atomic E-state index is 0.249. The minimum Gasteiger partial charge on any atom is -0.478 e. The summed E-state index contributed by atoms with van der Waals surface area (Å²) >= 11 is 0. The summed E-state index contributed by atoms with van der Waals surface area (Å²) in [5, 5.41) is 11.3. The van der Waals surface area contributed by atoms with E-state index >= 15 is 0 Å². The molecule has 0 unspecified atom stereocenters. The number of nitrogens with zero attached hydrogens (tertiary/aromatic N) is 1. The largest absolute Gasteiger partial charge is 0.478 e. The molecule has 0 bridgehead atoms. The minimum atomic E-state index is -1.32. The Balaban J connectivity index is 2.14. The van der Waals surface area contributed by atoms with E-state index in [9.17, 15) is 14.0 Å². The smallest absolute Gasteiger partial charge is 0.337 e. The van der Waals surface area contributed by atoms with Crippen LogP contribution in [0.4, 0.5) is 14.9 Å². The number of carboxylic acid groups (broad SMARTS) is 1. The third kappa shape index (κ3) is 3.38. The monoisotopic (exact) mass is 292 g/mol. The van der Waals surface area contributed by atoms with Gasteiger partial charge in [-0.05, 0) is 18.2 Å². The summed E-state index contributed by atoms with van der Waals surface area (Å²) in [6, 6.07) is 4.64. The van der Waals surface area contributed by atoms with Gasteiger partial charge in [-0.25, -0.2) is 14.0 Å². The lowest BCUT2D eigenvalue weighted by Gasteiger charge is -2.18. The number of amides is 2. The van der Waals surface area contributed by atoms with Crippen LogP contribution in [0.25, 0.3) is 0 Å². The average Bonchev–Trinajstić information content (AvgIpc) is 2.93. The molecule has 0 spiro atoms. The number of carbonyl (C=O) groups excluding carboxylic acids is 1. The Hall–Kier alpha value is -2.83. The fourth-order valence-corrected chi connectivity index (χ4v) is 1.76. The lowest BCUT2D eigenvalue weighted by molar-refractivity contribution is 0.0697. The van der Waals surface area contributed by atoms with Crippen molar-refractivity contribution in [1.82, 2.24) is 4.90 Å². The van der Waals surface area contributed by atoms with Gasteiger partial charge in [-0.3, -0.25) is 0 Å². The van der Waals surface area contributed by atoms with E-state index in [2.05, 4.69) is 5.32 Å². The van der Waals surface area contributed by atoms with Crippen LogP contribution >= 0.6 is 0 Å². The molecule has 6 nitrogen and oxygen atoms in total. The number of halogens is 1. The molecular formula is C14H13FN2O4. The molecule has 0 saturated heterocycles. The number of carbonyl (C=O) groups is 2. The molecule has 1 heterocycles. The van der Waals surface area contributed by atoms with Crippen LogP contribution in [-0.4, -0.2) is 29.1 Å². The van der Waals surface area contributed by atoms with Crippen LogP contribution in [0.15, 0.2) is 41.2 Å². The van der Waals surface area contributed by atoms with Gasteiger partial charge in [0.1, 0.15) is 5.82 Å². The molecule has 2 amide bonds. The predicted molar refractivity (Wildman–Crippen MR) is 72.6 cm³/mol. The van der Waals surface area contributed by atoms with E-state index in [4.69, 9.17) is 9.52 Å². The molecule has 0 fully saturated rings. The zero-order chi connectivity index (χ0) is 15.4. The lowest BCUT2D eigenvalue weighted by atomic mass is 10.1. The van der Waals surface area contributed by atoms with Crippen molar-refractivity contribution in [3.63, 3.8) is 0 Å². The zero-order valence-electron chi connectivity index (χ0n) is 11.2. The number of para-hydroxylation sites is 1. The van der Waals surface area contributed by atoms with Crippen molar-refractivity contribution >= 4 is 17.7 Å². The van der Waals surface area contributed by atoms with Crippen LogP contribution in [0, 0.1) is 5.82 Å². The molecule has 0 atom stereocenters. The van der Waals surface area contributed by atoms with Gasteiger partial charge in [0.05, 0.1) is 30.3 Å². The Bertz CT molecular complexity index is 655. The Morgan fingerprint density at radius 3 is 2.76 bits per heavy atom. The molecule has 21 heavy (non-hydrogen) atoms. The number of benzene rings is 1. The fourth-order valence-electron chi connectivity index (χ4n) is 1.76. The maximum Gasteiger partial charge on any atom is 0.337 e. The van der Waals surface area contributed by atoms with Gasteiger partial charge < -0.3 is 19.7 Å². The molecule has 0 aliphatic carbocycles. The van der Waals surface area contributed by atoms with E-state index < -0.39 is 17.8 Å². The summed E-state index contributed by atoms with van der Waals surface area (Å²) in [5.41, 5.74) is 0.105. The third-order valence-corrected chi connectivity index (χ3v) is 2.82. The Morgan fingerprint density at radius 2 is 2.14 bits per heavy atom. The third-order valence-electron chi connectivity index (χ3n) is 2.82. The number of aromatic carboxylic acids is 1. The highest BCUT2D eigenvalue weighted by Crippen LogP contribution is 2.20. The van der Waals surface area contributed by atoms with Crippen molar-refractivity contribution in [2.45, 2.75) is 6.54 Å². The first-order valence-electron chi connectivity index (χ1n) is 6.04. The predicted octanol–water partition coefficient (Wildman–Crippen LogP) is 2.78. The first kappa shape index (κ1) is 14.6. The van der Waals surface area contributed by atoms with Crippen molar-refractivity contribution in [2.75, 3.05) is 12.4 Å². The molecule has 0 radical (unpaired) electrons. The van der Waals surface area contributed by atoms with Crippen LogP contribution in [0.1, 0.15) is 15.9 Å². The van der Waals surface area contributed by atoms with Crippen molar-refractivity contribution in [1.29, 1.82) is 0 Å². The Labute approximate surface area is 119 Å². The molecule has 2 rings (SSSR count). The fraction of sp³-hybridized carbons (Fsp3) is 0.143. The normalized spacial score (nSPS) is 10.2. The highest BCUT2D eigenvalue weighted by molar-refractivity contribution is 6.00. The molecule has 2 N–H and O–H groups in total. The number of rotatable bonds is 4. The van der Waals surface area contributed by atoms with Crippen LogP contribution in [-0.2, 0) is 6.54 Å². The maximum absolute atomic E-state index is 13.7. The van der Waals surface area contributed by atoms with Gasteiger partial charge in [-0.15, -0.1) is 0 Å². The van der Waals surface area contributed by atoms with E-state index in [1.165, 1.54) is 36.6 Å². The number of furan rings is 1. The van der Waals surface area contributed by atoms with E-state index in [1.54, 1.807) is 6.07 Å². The highest BCUT2D eigenvalue weighted by atomic mass is 19.1. The van der Waals surface area contributed by atoms with Crippen molar-refractivity contribution < 1.29 is 23.5 Å². The summed E-state index contributed by atoms with van der Waals surface area (Å²) in [6.45, 7) is 0.249. The number of hydrogen-bond donors (Lipinski definition) is 2. The van der Waals surface area contributed by atoms with E-state index in [-0.39, 0.29) is 17.8 Å². The lowest BCUT2D eigenvalue weighted by Crippen LogP contribution is -2.31. The molecule has 1 aromatic carbocycles. The molecule has 0 saturated carbocycles. The number of carboxylic acids is 1. The number of urea groups is 1. The van der Waals surface area contributed by atoms with Crippen LogP contribution in [0.5, 0.6) is 0 Å². The van der Waals surface area contributed by atoms with Crippen molar-refractivity contribution in [3.8, 4) is 0 Å². The first-order chi connectivity index (χ1) is 9.99. The van der Waals surface area contributed by atoms with Gasteiger partial charge in [0.15, 0.2) is 0 Å². The second-order valence-corrected chi connectivity index (χ2v) is 4.39. The molecule has 1 aromatic heterocycles. The second kappa shape index (κ2) is 6.08. The molecule has 7 heteroatoms. The molecule has 110 valence electrons. The summed E-state index contributed by atoms with van der Waals surface area (Å²) in [4.78, 5) is 24.3. The summed E-state index contributed by atoms with van der Waals surface area (Å²) in [6.07, 6.45) is 2.95. The molecule has 0 aliphatic rings. The van der Waals surface area contributed by atoms with Crippen molar-refractivity contribution in [3.05, 3.63) is 53.7 Å². The van der Waals surface area contributed by atoms with Gasteiger partial charge in [-0.2, -0.15) is 0 Å². The topological polar surface area (TPSA) is 82.8 Å². The van der Waals surface area contributed by atoms with Crippen molar-refractivity contribution in [2.24, 2.45) is 0 Å². The standard InChI is InChI=1S/C14H13FN2O4/c1-17(7-9-5-6-21-8-9)14(20)16-12-10(13(18)19)3-2-4-11(12)15/h2-6,8H,7H2,1H3,(H,16,20)(H,18,19). The van der Waals surface area contributed by atoms with E-state index in [0.717, 1.165) is 11.6 Å². The number of nitrogens with one attached hydrogen (secondary N) is 1. The average molecular weight is 292 g/mol. The van der Waals surface area contributed by atoms with Crippen LogP contribution < -0.4 is 5.32 Å². The Morgan fingerprint density at radius 1 is 1.38 bits per heavy atom. The summed E-state index contributed by atoms with van der Waals surface area (Å²) in [7, 11) is 1.50. The molecule has 2 aromatic rings. The van der Waals surface area contributed by atoms with E-state index in [0.29, 0.717) is 0 Å².